The first-order valence-corrected chi connectivity index (χ1v) is 13.5. The lowest BCUT2D eigenvalue weighted by molar-refractivity contribution is 0.292. The Morgan fingerprint density at radius 2 is 1.74 bits per heavy atom. The zero-order valence-corrected chi connectivity index (χ0v) is 21.2. The molecule has 190 valence electrons. The van der Waals surface area contributed by atoms with Gasteiger partial charge < -0.3 is 4.74 Å². The van der Waals surface area contributed by atoms with Crippen LogP contribution in [-0.2, 0) is 6.42 Å². The van der Waals surface area contributed by atoms with E-state index in [4.69, 9.17) is 4.74 Å². The van der Waals surface area contributed by atoms with E-state index >= 15 is 0 Å². The standard InChI is InChI=1S/C31H39F3O/c1-3-4-19-35-29-18-16-26(20-28(29)32)23-12-7-22(8-13-23)9-14-25-15-17-27(31(34)30(25)33)24-10-5-21(2)6-11-24/h10,15-18,20-23H,3-9,11-14,19H2,1-2H3. The van der Waals surface area contributed by atoms with Crippen molar-refractivity contribution in [1.29, 1.82) is 0 Å². The highest BCUT2D eigenvalue weighted by atomic mass is 19.2. The molecule has 4 rings (SSSR count). The van der Waals surface area contributed by atoms with Gasteiger partial charge in [-0.05, 0) is 111 Å². The molecule has 4 heteroatoms. The summed E-state index contributed by atoms with van der Waals surface area (Å²) in [6, 6.07) is 8.95. The molecule has 0 radical (unpaired) electrons. The van der Waals surface area contributed by atoms with Crippen molar-refractivity contribution in [2.75, 3.05) is 6.61 Å². The van der Waals surface area contributed by atoms with Crippen LogP contribution >= 0.6 is 0 Å². The molecule has 0 saturated heterocycles. The summed E-state index contributed by atoms with van der Waals surface area (Å²) >= 11 is 0. The maximum absolute atomic E-state index is 14.9. The van der Waals surface area contributed by atoms with E-state index in [2.05, 4.69) is 19.9 Å². The number of hydrogen-bond donors (Lipinski definition) is 0. The minimum atomic E-state index is -0.684. The van der Waals surface area contributed by atoms with E-state index in [1.165, 1.54) is 0 Å². The van der Waals surface area contributed by atoms with Gasteiger partial charge in [-0.2, -0.15) is 0 Å². The van der Waals surface area contributed by atoms with Crippen molar-refractivity contribution in [2.24, 2.45) is 11.8 Å². The Morgan fingerprint density at radius 3 is 2.43 bits per heavy atom. The van der Waals surface area contributed by atoms with Crippen molar-refractivity contribution < 1.29 is 17.9 Å². The fourth-order valence-corrected chi connectivity index (χ4v) is 5.60. The lowest BCUT2D eigenvalue weighted by Crippen LogP contribution is -2.15. The zero-order chi connectivity index (χ0) is 24.8. The zero-order valence-electron chi connectivity index (χ0n) is 21.2. The Morgan fingerprint density at radius 1 is 0.943 bits per heavy atom. The van der Waals surface area contributed by atoms with Crippen molar-refractivity contribution in [3.05, 3.63) is 70.5 Å². The summed E-state index contributed by atoms with van der Waals surface area (Å²) in [5, 5.41) is 0. The Hall–Kier alpha value is -2.23. The first kappa shape index (κ1) is 25.9. The molecule has 2 aromatic rings. The highest BCUT2D eigenvalue weighted by Crippen LogP contribution is 2.39. The highest BCUT2D eigenvalue weighted by Gasteiger charge is 2.24. The van der Waals surface area contributed by atoms with E-state index in [-0.39, 0.29) is 5.82 Å². The predicted molar refractivity (Wildman–Crippen MR) is 137 cm³/mol. The summed E-state index contributed by atoms with van der Waals surface area (Å²) in [6.07, 6.45) is 12.3. The Bertz CT molecular complexity index is 1020. The van der Waals surface area contributed by atoms with Crippen molar-refractivity contribution in [3.8, 4) is 5.75 Å². The first-order chi connectivity index (χ1) is 17.0. The smallest absolute Gasteiger partial charge is 0.166 e. The molecular formula is C31H39F3O. The second-order valence-electron chi connectivity index (χ2n) is 10.7. The first-order valence-electron chi connectivity index (χ1n) is 13.5. The van der Waals surface area contributed by atoms with Gasteiger partial charge in [0.2, 0.25) is 0 Å². The molecule has 2 aromatic carbocycles. The summed E-state index contributed by atoms with van der Waals surface area (Å²) in [7, 11) is 0. The van der Waals surface area contributed by atoms with Crippen LogP contribution in [0.2, 0.25) is 0 Å². The van der Waals surface area contributed by atoms with Gasteiger partial charge in [0, 0.05) is 5.56 Å². The van der Waals surface area contributed by atoms with Gasteiger partial charge in [-0.1, -0.05) is 44.5 Å². The lowest BCUT2D eigenvalue weighted by atomic mass is 9.77. The van der Waals surface area contributed by atoms with Gasteiger partial charge in [-0.25, -0.2) is 13.2 Å². The van der Waals surface area contributed by atoms with Crippen molar-refractivity contribution >= 4 is 5.57 Å². The Balaban J connectivity index is 1.29. The van der Waals surface area contributed by atoms with Crippen molar-refractivity contribution in [3.63, 3.8) is 0 Å². The number of rotatable bonds is 9. The number of hydrogen-bond acceptors (Lipinski definition) is 1. The van der Waals surface area contributed by atoms with Crippen LogP contribution in [0, 0.1) is 29.3 Å². The van der Waals surface area contributed by atoms with Crippen molar-refractivity contribution in [1.82, 2.24) is 0 Å². The van der Waals surface area contributed by atoms with Crippen LogP contribution in [0.25, 0.3) is 5.57 Å². The van der Waals surface area contributed by atoms with Crippen LogP contribution in [0.4, 0.5) is 13.2 Å². The van der Waals surface area contributed by atoms with E-state index in [0.717, 1.165) is 75.3 Å². The van der Waals surface area contributed by atoms with Gasteiger partial charge in [0.15, 0.2) is 23.2 Å². The third kappa shape index (κ3) is 6.51. The second kappa shape index (κ2) is 12.1. The van der Waals surface area contributed by atoms with Crippen LogP contribution in [0.15, 0.2) is 36.4 Å². The Labute approximate surface area is 208 Å². The molecule has 0 amide bonds. The van der Waals surface area contributed by atoms with Gasteiger partial charge in [-0.15, -0.1) is 0 Å². The molecule has 0 heterocycles. The average Bonchev–Trinajstić information content (AvgIpc) is 2.87. The third-order valence-corrected chi connectivity index (χ3v) is 8.03. The van der Waals surface area contributed by atoms with Crippen LogP contribution in [0.3, 0.4) is 0 Å². The molecule has 2 aliphatic carbocycles. The van der Waals surface area contributed by atoms with Gasteiger partial charge in [-0.3, -0.25) is 0 Å². The fourth-order valence-electron chi connectivity index (χ4n) is 5.60. The molecule has 35 heavy (non-hydrogen) atoms. The molecule has 0 N–H and O–H groups in total. The number of benzene rings is 2. The SMILES string of the molecule is CCCCOc1ccc(C2CCC(CCc3ccc(C4=CCC(C)CC4)c(F)c3F)CC2)cc1F. The monoisotopic (exact) mass is 484 g/mol. The van der Waals surface area contributed by atoms with Gasteiger partial charge >= 0.3 is 0 Å². The summed E-state index contributed by atoms with van der Waals surface area (Å²) in [5.74, 6) is 0.168. The lowest BCUT2D eigenvalue weighted by Gasteiger charge is -2.29. The number of aryl methyl sites for hydroxylation is 1. The van der Waals surface area contributed by atoms with Crippen LogP contribution in [0.1, 0.15) is 101 Å². The van der Waals surface area contributed by atoms with Gasteiger partial charge in [0.05, 0.1) is 6.61 Å². The molecule has 1 nitrogen and oxygen atoms in total. The maximum atomic E-state index is 14.9. The molecule has 1 saturated carbocycles. The molecule has 1 atom stereocenters. The van der Waals surface area contributed by atoms with E-state index in [1.54, 1.807) is 24.3 Å². The average molecular weight is 485 g/mol. The van der Waals surface area contributed by atoms with E-state index in [1.807, 2.05) is 6.07 Å². The minimum absolute atomic E-state index is 0.278. The molecule has 0 spiro atoms. The highest BCUT2D eigenvalue weighted by molar-refractivity contribution is 5.67. The van der Waals surface area contributed by atoms with Gasteiger partial charge in [0.1, 0.15) is 0 Å². The molecule has 0 aromatic heterocycles. The van der Waals surface area contributed by atoms with E-state index in [9.17, 15) is 13.2 Å². The molecule has 0 bridgehead atoms. The molecule has 1 unspecified atom stereocenters. The van der Waals surface area contributed by atoms with Crippen LogP contribution in [-0.4, -0.2) is 6.61 Å². The summed E-state index contributed by atoms with van der Waals surface area (Å²) in [6.45, 7) is 4.82. The maximum Gasteiger partial charge on any atom is 0.166 e. The van der Waals surface area contributed by atoms with E-state index < -0.39 is 11.6 Å². The molecule has 1 fully saturated rings. The van der Waals surface area contributed by atoms with Crippen molar-refractivity contribution in [2.45, 2.75) is 90.4 Å². The summed E-state index contributed by atoms with van der Waals surface area (Å²) in [5.41, 5.74) is 2.91. The third-order valence-electron chi connectivity index (χ3n) is 8.03. The van der Waals surface area contributed by atoms with Crippen LogP contribution < -0.4 is 4.74 Å². The minimum Gasteiger partial charge on any atom is -0.491 e. The normalized spacial score (nSPS) is 22.7. The number of allylic oxidation sites excluding steroid dienone is 2. The summed E-state index contributed by atoms with van der Waals surface area (Å²) < 4.78 is 49.7. The molecular weight excluding hydrogens is 445 g/mol. The largest absolute Gasteiger partial charge is 0.491 e. The topological polar surface area (TPSA) is 9.23 Å². The van der Waals surface area contributed by atoms with Gasteiger partial charge in [0.25, 0.3) is 0 Å². The predicted octanol–water partition coefficient (Wildman–Crippen LogP) is 9.39. The number of unbranched alkanes of at least 4 members (excludes halogenated alkanes) is 1. The Kier molecular flexibility index (Phi) is 8.97. The fraction of sp³-hybridized carbons (Fsp3) is 0.548. The second-order valence-corrected chi connectivity index (χ2v) is 10.7. The number of ether oxygens (including phenoxy) is 1. The van der Waals surface area contributed by atoms with E-state index in [0.29, 0.717) is 47.7 Å². The molecule has 2 aliphatic rings. The summed E-state index contributed by atoms with van der Waals surface area (Å²) in [4.78, 5) is 0. The molecule has 0 aliphatic heterocycles. The number of halogens is 3. The quantitative estimate of drug-likeness (QED) is 0.322. The van der Waals surface area contributed by atoms with Crippen LogP contribution in [0.5, 0.6) is 5.75 Å².